The Morgan fingerprint density at radius 3 is 2.65 bits per heavy atom. The second-order valence-electron chi connectivity index (χ2n) is 5.82. The van der Waals surface area contributed by atoms with E-state index in [0.29, 0.717) is 49.1 Å². The zero-order chi connectivity index (χ0) is 18.5. The summed E-state index contributed by atoms with van der Waals surface area (Å²) in [7, 11) is 0. The van der Waals surface area contributed by atoms with E-state index in [9.17, 15) is 9.59 Å². The molecule has 1 aromatic carbocycles. The zero-order valence-electron chi connectivity index (χ0n) is 14.9. The number of anilines is 1. The van der Waals surface area contributed by atoms with Gasteiger partial charge in [-0.15, -0.1) is 0 Å². The molecule has 0 atom stereocenters. The van der Waals surface area contributed by atoms with Crippen LogP contribution in [0.3, 0.4) is 0 Å². The number of carbonyl (C=O) groups is 2. The fourth-order valence-corrected chi connectivity index (χ4v) is 2.54. The number of rotatable bonds is 6. The standard InChI is InChI=1S/C18H22N4O4/c1-3-7-19-18(24)16-13(11-22(4-2)21-16)20-17(23)12-5-6-14-15(10-12)26-9-8-25-14/h5-6,10-11H,3-4,7-9H2,1-2H3,(H,19,24)(H,20,23). The minimum absolute atomic E-state index is 0.200. The molecule has 1 aliphatic heterocycles. The molecule has 2 aromatic rings. The quantitative estimate of drug-likeness (QED) is 0.824. The van der Waals surface area contributed by atoms with Crippen LogP contribution in [0.1, 0.15) is 41.1 Å². The van der Waals surface area contributed by atoms with E-state index in [0.717, 1.165) is 6.42 Å². The maximum Gasteiger partial charge on any atom is 0.273 e. The van der Waals surface area contributed by atoms with Crippen molar-refractivity contribution >= 4 is 17.5 Å². The van der Waals surface area contributed by atoms with E-state index in [-0.39, 0.29) is 17.5 Å². The van der Waals surface area contributed by atoms with Gasteiger partial charge in [-0.2, -0.15) is 5.10 Å². The third kappa shape index (κ3) is 3.79. The number of nitrogens with one attached hydrogen (secondary N) is 2. The second-order valence-corrected chi connectivity index (χ2v) is 5.82. The molecule has 0 fully saturated rings. The van der Waals surface area contributed by atoms with Gasteiger partial charge in [0.2, 0.25) is 0 Å². The Labute approximate surface area is 151 Å². The van der Waals surface area contributed by atoms with Gasteiger partial charge in [0.1, 0.15) is 13.2 Å². The molecule has 0 bridgehead atoms. The zero-order valence-corrected chi connectivity index (χ0v) is 14.9. The van der Waals surface area contributed by atoms with Crippen molar-refractivity contribution < 1.29 is 19.1 Å². The summed E-state index contributed by atoms with van der Waals surface area (Å²) < 4.78 is 12.6. The monoisotopic (exact) mass is 358 g/mol. The topological polar surface area (TPSA) is 94.5 Å². The van der Waals surface area contributed by atoms with Gasteiger partial charge in [-0.3, -0.25) is 14.3 Å². The number of aryl methyl sites for hydroxylation is 1. The third-order valence-corrected chi connectivity index (χ3v) is 3.89. The summed E-state index contributed by atoms with van der Waals surface area (Å²) in [5, 5.41) is 9.79. The number of benzene rings is 1. The van der Waals surface area contributed by atoms with Crippen LogP contribution in [0.4, 0.5) is 5.69 Å². The van der Waals surface area contributed by atoms with Crippen molar-refractivity contribution in [2.45, 2.75) is 26.8 Å². The Morgan fingerprint density at radius 1 is 1.15 bits per heavy atom. The van der Waals surface area contributed by atoms with Crippen molar-refractivity contribution in [1.82, 2.24) is 15.1 Å². The van der Waals surface area contributed by atoms with E-state index in [1.165, 1.54) is 0 Å². The van der Waals surface area contributed by atoms with Gasteiger partial charge < -0.3 is 20.1 Å². The van der Waals surface area contributed by atoms with Crippen LogP contribution in [-0.2, 0) is 6.54 Å². The summed E-state index contributed by atoms with van der Waals surface area (Å²) in [5.41, 5.74) is 0.991. The highest BCUT2D eigenvalue weighted by Crippen LogP contribution is 2.31. The molecule has 0 aliphatic carbocycles. The van der Waals surface area contributed by atoms with Crippen LogP contribution in [0.25, 0.3) is 0 Å². The molecule has 0 spiro atoms. The van der Waals surface area contributed by atoms with E-state index in [4.69, 9.17) is 9.47 Å². The molecule has 2 heterocycles. The molecule has 2 amide bonds. The molecule has 3 rings (SSSR count). The SMILES string of the molecule is CCCNC(=O)c1nn(CC)cc1NC(=O)c1ccc2c(c1)OCCO2. The molecule has 0 saturated heterocycles. The fourth-order valence-electron chi connectivity index (χ4n) is 2.54. The molecule has 1 aromatic heterocycles. The number of nitrogens with zero attached hydrogens (tertiary/aromatic N) is 2. The highest BCUT2D eigenvalue weighted by atomic mass is 16.6. The van der Waals surface area contributed by atoms with Gasteiger partial charge >= 0.3 is 0 Å². The van der Waals surface area contributed by atoms with Crippen molar-refractivity contribution in [3.05, 3.63) is 35.7 Å². The summed E-state index contributed by atoms with van der Waals surface area (Å²) in [6.07, 6.45) is 2.47. The number of aromatic nitrogens is 2. The Kier molecular flexibility index (Phi) is 5.40. The second kappa shape index (κ2) is 7.90. The largest absolute Gasteiger partial charge is 0.486 e. The van der Waals surface area contributed by atoms with E-state index in [2.05, 4.69) is 15.7 Å². The van der Waals surface area contributed by atoms with Crippen LogP contribution < -0.4 is 20.1 Å². The van der Waals surface area contributed by atoms with Gasteiger partial charge in [-0.1, -0.05) is 6.92 Å². The predicted molar refractivity (Wildman–Crippen MR) is 95.9 cm³/mol. The molecule has 0 radical (unpaired) electrons. The summed E-state index contributed by atoms with van der Waals surface area (Å²) in [6.45, 7) is 5.96. The normalized spacial score (nSPS) is 12.5. The van der Waals surface area contributed by atoms with E-state index < -0.39 is 0 Å². The number of fused-ring (bicyclic) bond motifs is 1. The molecule has 0 saturated carbocycles. The minimum atomic E-state index is -0.345. The first-order valence-corrected chi connectivity index (χ1v) is 8.69. The van der Waals surface area contributed by atoms with Crippen molar-refractivity contribution in [3.8, 4) is 11.5 Å². The molecular formula is C18H22N4O4. The predicted octanol–water partition coefficient (Wildman–Crippen LogP) is 2.07. The molecule has 138 valence electrons. The average Bonchev–Trinajstić information content (AvgIpc) is 3.08. The smallest absolute Gasteiger partial charge is 0.273 e. The van der Waals surface area contributed by atoms with Gasteiger partial charge in [0, 0.05) is 24.8 Å². The maximum atomic E-state index is 12.6. The van der Waals surface area contributed by atoms with Crippen molar-refractivity contribution in [2.75, 3.05) is 25.1 Å². The Bertz CT molecular complexity index is 816. The van der Waals surface area contributed by atoms with Gasteiger partial charge in [-0.25, -0.2) is 0 Å². The first-order valence-electron chi connectivity index (χ1n) is 8.69. The Morgan fingerprint density at radius 2 is 1.92 bits per heavy atom. The van der Waals surface area contributed by atoms with Crippen molar-refractivity contribution in [3.63, 3.8) is 0 Å². The van der Waals surface area contributed by atoms with Gasteiger partial charge in [0.25, 0.3) is 11.8 Å². The summed E-state index contributed by atoms with van der Waals surface area (Å²) >= 11 is 0. The summed E-state index contributed by atoms with van der Waals surface area (Å²) in [5.74, 6) is 0.499. The van der Waals surface area contributed by atoms with Crippen LogP contribution in [0, 0.1) is 0 Å². The van der Waals surface area contributed by atoms with E-state index in [1.54, 1.807) is 29.1 Å². The number of hydrogen-bond donors (Lipinski definition) is 2. The fraction of sp³-hybridized carbons (Fsp3) is 0.389. The van der Waals surface area contributed by atoms with Crippen molar-refractivity contribution in [1.29, 1.82) is 0 Å². The van der Waals surface area contributed by atoms with Crippen LogP contribution in [0.5, 0.6) is 11.5 Å². The Balaban J connectivity index is 1.80. The number of carbonyl (C=O) groups excluding carboxylic acids is 2. The molecule has 0 unspecified atom stereocenters. The molecule has 2 N–H and O–H groups in total. The van der Waals surface area contributed by atoms with Crippen LogP contribution in [0.15, 0.2) is 24.4 Å². The lowest BCUT2D eigenvalue weighted by molar-refractivity contribution is 0.0948. The highest BCUT2D eigenvalue weighted by molar-refractivity contribution is 6.08. The molecule has 1 aliphatic rings. The molecular weight excluding hydrogens is 336 g/mol. The number of hydrogen-bond acceptors (Lipinski definition) is 5. The summed E-state index contributed by atoms with van der Waals surface area (Å²) in [6, 6.07) is 4.99. The van der Waals surface area contributed by atoms with Crippen LogP contribution in [-0.4, -0.2) is 41.4 Å². The first kappa shape index (κ1) is 17.8. The minimum Gasteiger partial charge on any atom is -0.486 e. The van der Waals surface area contributed by atoms with Gasteiger partial charge in [0.15, 0.2) is 17.2 Å². The third-order valence-electron chi connectivity index (χ3n) is 3.89. The summed E-state index contributed by atoms with van der Waals surface area (Å²) in [4.78, 5) is 24.9. The Hall–Kier alpha value is -3.03. The van der Waals surface area contributed by atoms with E-state index in [1.807, 2.05) is 13.8 Å². The van der Waals surface area contributed by atoms with Crippen molar-refractivity contribution in [2.24, 2.45) is 0 Å². The van der Waals surface area contributed by atoms with Gasteiger partial charge in [0.05, 0.1) is 5.69 Å². The van der Waals surface area contributed by atoms with Gasteiger partial charge in [-0.05, 0) is 31.5 Å². The molecule has 8 nitrogen and oxygen atoms in total. The first-order chi connectivity index (χ1) is 12.6. The van der Waals surface area contributed by atoms with Crippen LogP contribution in [0.2, 0.25) is 0 Å². The number of amides is 2. The molecule has 8 heteroatoms. The highest BCUT2D eigenvalue weighted by Gasteiger charge is 2.20. The number of ether oxygens (including phenoxy) is 2. The van der Waals surface area contributed by atoms with E-state index >= 15 is 0 Å². The molecule has 26 heavy (non-hydrogen) atoms. The van der Waals surface area contributed by atoms with Crippen LogP contribution >= 0.6 is 0 Å². The lowest BCUT2D eigenvalue weighted by atomic mass is 10.1. The maximum absolute atomic E-state index is 12.6. The lowest BCUT2D eigenvalue weighted by Crippen LogP contribution is -2.26. The average molecular weight is 358 g/mol. The lowest BCUT2D eigenvalue weighted by Gasteiger charge is -2.18.